The van der Waals surface area contributed by atoms with E-state index in [9.17, 15) is 0 Å². The van der Waals surface area contributed by atoms with Gasteiger partial charge < -0.3 is 20.5 Å². The molecule has 0 amide bonds. The third-order valence-corrected chi connectivity index (χ3v) is 3.13. The molecule has 108 valence electrons. The number of hydrogen-bond acceptors (Lipinski definition) is 5. The van der Waals surface area contributed by atoms with Crippen LogP contribution < -0.4 is 20.5 Å². The number of pyridine rings is 1. The molecule has 5 heteroatoms. The number of anilines is 1. The lowest BCUT2D eigenvalue weighted by atomic mass is 10.1. The van der Waals surface area contributed by atoms with Crippen LogP contribution in [0.4, 0.5) is 5.69 Å². The fourth-order valence-electron chi connectivity index (χ4n) is 2.14. The van der Waals surface area contributed by atoms with Crippen molar-refractivity contribution < 1.29 is 9.47 Å². The van der Waals surface area contributed by atoms with E-state index >= 15 is 0 Å². The molecular weight excluding hydrogens is 254 g/mol. The number of nitrogens with two attached hydrogens (primary N) is 1. The summed E-state index contributed by atoms with van der Waals surface area (Å²) in [5.41, 5.74) is 8.34. The van der Waals surface area contributed by atoms with Crippen LogP contribution in [-0.4, -0.2) is 32.3 Å². The molecule has 0 unspecified atom stereocenters. The molecule has 0 radical (unpaired) electrons. The van der Waals surface area contributed by atoms with Crippen LogP contribution in [0.5, 0.6) is 11.5 Å². The molecule has 2 aromatic rings. The van der Waals surface area contributed by atoms with Crippen molar-refractivity contribution >= 4 is 16.6 Å². The number of rotatable bonds is 6. The molecule has 5 nitrogen and oxygen atoms in total. The van der Waals surface area contributed by atoms with Crippen LogP contribution in [0.3, 0.4) is 0 Å². The number of hydrogen-bond donors (Lipinski definition) is 2. The Morgan fingerprint density at radius 1 is 1.20 bits per heavy atom. The van der Waals surface area contributed by atoms with Gasteiger partial charge in [-0.05, 0) is 32.0 Å². The summed E-state index contributed by atoms with van der Waals surface area (Å²) in [5, 5.41) is 4.39. The highest BCUT2D eigenvalue weighted by Gasteiger charge is 2.11. The third-order valence-electron chi connectivity index (χ3n) is 3.13. The topological polar surface area (TPSA) is 69.4 Å². The first kappa shape index (κ1) is 14.4. The van der Waals surface area contributed by atoms with Crippen LogP contribution in [0.2, 0.25) is 0 Å². The largest absolute Gasteiger partial charge is 0.497 e. The average Bonchev–Trinajstić information content (AvgIpc) is 2.46. The molecule has 0 aliphatic rings. The van der Waals surface area contributed by atoms with Crippen LogP contribution in [0.15, 0.2) is 18.2 Å². The smallest absolute Gasteiger partial charge is 0.148 e. The first-order chi connectivity index (χ1) is 9.69. The SMILES string of the molecule is COc1cc(OC)c2nc(C)cc(NCCCN)c2c1. The minimum absolute atomic E-state index is 0.668. The van der Waals surface area contributed by atoms with Crippen molar-refractivity contribution in [2.75, 3.05) is 32.6 Å². The van der Waals surface area contributed by atoms with E-state index in [0.717, 1.165) is 41.0 Å². The van der Waals surface area contributed by atoms with Gasteiger partial charge in [0.05, 0.1) is 14.2 Å². The van der Waals surface area contributed by atoms with Gasteiger partial charge in [0.2, 0.25) is 0 Å². The molecule has 0 aliphatic heterocycles. The molecule has 1 heterocycles. The van der Waals surface area contributed by atoms with Crippen molar-refractivity contribution in [1.29, 1.82) is 0 Å². The Hall–Kier alpha value is -2.01. The van der Waals surface area contributed by atoms with Crippen molar-refractivity contribution in [3.8, 4) is 11.5 Å². The van der Waals surface area contributed by atoms with Crippen LogP contribution >= 0.6 is 0 Å². The van der Waals surface area contributed by atoms with Crippen molar-refractivity contribution in [1.82, 2.24) is 4.98 Å². The molecule has 0 spiro atoms. The fourth-order valence-corrected chi connectivity index (χ4v) is 2.14. The summed E-state index contributed by atoms with van der Waals surface area (Å²) in [7, 11) is 3.28. The fraction of sp³-hybridized carbons (Fsp3) is 0.400. The first-order valence-electron chi connectivity index (χ1n) is 6.67. The van der Waals surface area contributed by atoms with Gasteiger partial charge in [-0.25, -0.2) is 4.98 Å². The lowest BCUT2D eigenvalue weighted by molar-refractivity contribution is 0.397. The van der Waals surface area contributed by atoms with Gasteiger partial charge >= 0.3 is 0 Å². The average molecular weight is 275 g/mol. The van der Waals surface area contributed by atoms with Crippen LogP contribution in [0, 0.1) is 6.92 Å². The molecular formula is C15H21N3O2. The molecule has 0 fully saturated rings. The molecule has 1 aromatic heterocycles. The Bertz CT molecular complexity index is 599. The zero-order valence-corrected chi connectivity index (χ0v) is 12.2. The van der Waals surface area contributed by atoms with E-state index in [1.165, 1.54) is 0 Å². The first-order valence-corrected chi connectivity index (χ1v) is 6.67. The normalized spacial score (nSPS) is 10.6. The quantitative estimate of drug-likeness (QED) is 0.792. The molecule has 0 aliphatic carbocycles. The van der Waals surface area contributed by atoms with Gasteiger partial charge in [-0.3, -0.25) is 0 Å². The lowest BCUT2D eigenvalue weighted by Gasteiger charge is -2.14. The van der Waals surface area contributed by atoms with Crippen molar-refractivity contribution in [3.05, 3.63) is 23.9 Å². The second-order valence-corrected chi connectivity index (χ2v) is 4.61. The van der Waals surface area contributed by atoms with Gasteiger partial charge in [0, 0.05) is 29.4 Å². The highest BCUT2D eigenvalue weighted by Crippen LogP contribution is 2.34. The second kappa shape index (κ2) is 6.43. The molecule has 3 N–H and O–H groups in total. The summed E-state index contributed by atoms with van der Waals surface area (Å²) < 4.78 is 10.7. The Kier molecular flexibility index (Phi) is 4.63. The Balaban J connectivity index is 2.54. The Morgan fingerprint density at radius 2 is 2.00 bits per heavy atom. The summed E-state index contributed by atoms with van der Waals surface area (Å²) in [6.07, 6.45) is 0.921. The van der Waals surface area contributed by atoms with Gasteiger partial charge in [0.1, 0.15) is 17.0 Å². The molecule has 2 rings (SSSR count). The number of ether oxygens (including phenoxy) is 2. The summed E-state index contributed by atoms with van der Waals surface area (Å²) in [4.78, 5) is 4.57. The zero-order chi connectivity index (χ0) is 14.5. The Morgan fingerprint density at radius 3 is 2.65 bits per heavy atom. The van der Waals surface area contributed by atoms with Gasteiger partial charge in [-0.15, -0.1) is 0 Å². The molecule has 0 saturated heterocycles. The van der Waals surface area contributed by atoms with Crippen LogP contribution in [-0.2, 0) is 0 Å². The number of nitrogens with zero attached hydrogens (tertiary/aromatic N) is 1. The molecule has 1 aromatic carbocycles. The number of nitrogens with one attached hydrogen (secondary N) is 1. The highest BCUT2D eigenvalue weighted by molar-refractivity contribution is 5.96. The van der Waals surface area contributed by atoms with E-state index in [4.69, 9.17) is 15.2 Å². The monoisotopic (exact) mass is 275 g/mol. The van der Waals surface area contributed by atoms with E-state index in [1.54, 1.807) is 14.2 Å². The maximum absolute atomic E-state index is 5.53. The van der Waals surface area contributed by atoms with E-state index < -0.39 is 0 Å². The number of methoxy groups -OCH3 is 2. The molecule has 20 heavy (non-hydrogen) atoms. The summed E-state index contributed by atoms with van der Waals surface area (Å²) in [5.74, 6) is 1.46. The van der Waals surface area contributed by atoms with E-state index in [1.807, 2.05) is 25.1 Å². The zero-order valence-electron chi connectivity index (χ0n) is 12.2. The molecule has 0 atom stereocenters. The van der Waals surface area contributed by atoms with Gasteiger partial charge in [-0.1, -0.05) is 0 Å². The van der Waals surface area contributed by atoms with Gasteiger partial charge in [-0.2, -0.15) is 0 Å². The predicted octanol–water partition coefficient (Wildman–Crippen LogP) is 2.32. The number of benzene rings is 1. The van der Waals surface area contributed by atoms with Crippen molar-refractivity contribution in [3.63, 3.8) is 0 Å². The highest BCUT2D eigenvalue weighted by atomic mass is 16.5. The second-order valence-electron chi connectivity index (χ2n) is 4.61. The minimum atomic E-state index is 0.668. The summed E-state index contributed by atoms with van der Waals surface area (Å²) in [6, 6.07) is 5.84. The lowest BCUT2D eigenvalue weighted by Crippen LogP contribution is -2.09. The third kappa shape index (κ3) is 2.93. The summed E-state index contributed by atoms with van der Waals surface area (Å²) >= 11 is 0. The predicted molar refractivity (Wildman–Crippen MR) is 81.7 cm³/mol. The minimum Gasteiger partial charge on any atom is -0.497 e. The van der Waals surface area contributed by atoms with Crippen molar-refractivity contribution in [2.45, 2.75) is 13.3 Å². The molecule has 0 bridgehead atoms. The van der Waals surface area contributed by atoms with Crippen LogP contribution in [0.1, 0.15) is 12.1 Å². The van der Waals surface area contributed by atoms with Crippen LogP contribution in [0.25, 0.3) is 10.9 Å². The maximum atomic E-state index is 5.53. The van der Waals surface area contributed by atoms with E-state index in [-0.39, 0.29) is 0 Å². The standard InChI is InChI=1S/C15H21N3O2/c1-10-7-13(17-6-4-5-16)12-8-11(19-2)9-14(20-3)15(12)18-10/h7-9H,4-6,16H2,1-3H3,(H,17,18). The van der Waals surface area contributed by atoms with Gasteiger partial charge in [0.15, 0.2) is 0 Å². The van der Waals surface area contributed by atoms with Crippen molar-refractivity contribution in [2.24, 2.45) is 5.73 Å². The number of aryl methyl sites for hydroxylation is 1. The maximum Gasteiger partial charge on any atom is 0.148 e. The summed E-state index contributed by atoms with van der Waals surface area (Å²) in [6.45, 7) is 3.47. The number of fused-ring (bicyclic) bond motifs is 1. The van der Waals surface area contributed by atoms with E-state index in [2.05, 4.69) is 10.3 Å². The van der Waals surface area contributed by atoms with Gasteiger partial charge in [0.25, 0.3) is 0 Å². The van der Waals surface area contributed by atoms with E-state index in [0.29, 0.717) is 12.3 Å². The number of aromatic nitrogens is 1. The Labute approximate surface area is 119 Å². The molecule has 0 saturated carbocycles.